The first-order valence-corrected chi connectivity index (χ1v) is 9.66. The molecule has 2 aliphatic heterocycles. The predicted octanol–water partition coefficient (Wildman–Crippen LogP) is 1.95. The highest BCUT2D eigenvalue weighted by molar-refractivity contribution is 6.32. The van der Waals surface area contributed by atoms with Crippen LogP contribution in [-0.2, 0) is 5.41 Å². The molecule has 2 unspecified atom stereocenters. The fraction of sp³-hybridized carbons (Fsp3) is 0.174. The number of aromatic hydroxyl groups is 1. The molecule has 5 heterocycles. The molecule has 0 radical (unpaired) electrons. The van der Waals surface area contributed by atoms with Crippen molar-refractivity contribution >= 4 is 11.6 Å². The van der Waals surface area contributed by atoms with Gasteiger partial charge in [0.05, 0.1) is 41.4 Å². The van der Waals surface area contributed by atoms with E-state index in [9.17, 15) is 5.11 Å². The van der Waals surface area contributed by atoms with Crippen LogP contribution < -0.4 is 17.0 Å². The molecule has 0 saturated carbocycles. The maximum Gasteiger partial charge on any atom is 0.190 e. The Morgan fingerprint density at radius 2 is 1.72 bits per heavy atom. The highest BCUT2D eigenvalue weighted by Gasteiger charge is 2.61. The molecule has 4 aromatic rings. The average molecular weight is 426 g/mol. The lowest BCUT2D eigenvalue weighted by Gasteiger charge is -2.48. The summed E-state index contributed by atoms with van der Waals surface area (Å²) in [6.45, 7) is 0. The third kappa shape index (κ3) is 2.24. The van der Waals surface area contributed by atoms with E-state index in [0.29, 0.717) is 5.02 Å². The van der Waals surface area contributed by atoms with Crippen LogP contribution in [0.15, 0.2) is 82.5 Å². The van der Waals surface area contributed by atoms with Gasteiger partial charge < -0.3 is 26.3 Å². The molecular formula is C23H17Cl2NO3. The lowest BCUT2D eigenvalue weighted by atomic mass is 9.54. The first-order valence-electron chi connectivity index (χ1n) is 9.28. The van der Waals surface area contributed by atoms with E-state index in [1.807, 2.05) is 36.8 Å². The van der Waals surface area contributed by atoms with Crippen LogP contribution in [-0.4, -0.2) is 5.11 Å². The smallest absolute Gasteiger partial charge is 0.190 e. The van der Waals surface area contributed by atoms with E-state index in [1.54, 1.807) is 18.6 Å². The van der Waals surface area contributed by atoms with Gasteiger partial charge in [-0.25, -0.2) is 0 Å². The summed E-state index contributed by atoms with van der Waals surface area (Å²) in [5, 5.41) is 11.4. The number of rotatable bonds is 2. The molecule has 0 fully saturated rings. The van der Waals surface area contributed by atoms with Gasteiger partial charge in [-0.05, 0) is 18.2 Å². The second-order valence-electron chi connectivity index (χ2n) is 7.58. The van der Waals surface area contributed by atoms with E-state index in [1.165, 1.54) is 0 Å². The van der Waals surface area contributed by atoms with Crippen molar-refractivity contribution in [2.75, 3.05) is 0 Å². The number of pyridine rings is 1. The standard InChI is InChI=1S/C23H16ClNO3.ClH/c24-17-5-4-16-19-11-23(14-6-9-27-12-14,15-7-10-28-13-15)21(20(16)22(17)26)18-3-1-2-8-25(18)19;/h1-10,12-13,19,21H,11H2;1H. The fourth-order valence-corrected chi connectivity index (χ4v) is 5.55. The van der Waals surface area contributed by atoms with Crippen LogP contribution in [0.2, 0.25) is 5.02 Å². The van der Waals surface area contributed by atoms with Crippen molar-refractivity contribution in [3.8, 4) is 5.75 Å². The number of hydrogen-bond donors (Lipinski definition) is 1. The maximum atomic E-state index is 11.0. The Kier molecular flexibility index (Phi) is 4.05. The van der Waals surface area contributed by atoms with Crippen LogP contribution in [0, 0.1) is 0 Å². The molecule has 0 saturated heterocycles. The van der Waals surface area contributed by atoms with E-state index >= 15 is 0 Å². The molecule has 4 nitrogen and oxygen atoms in total. The van der Waals surface area contributed by atoms with Crippen molar-refractivity contribution in [2.45, 2.75) is 23.8 Å². The monoisotopic (exact) mass is 425 g/mol. The Labute approximate surface area is 178 Å². The van der Waals surface area contributed by atoms with Crippen LogP contribution in [0.5, 0.6) is 5.75 Å². The third-order valence-corrected chi connectivity index (χ3v) is 6.79. The summed E-state index contributed by atoms with van der Waals surface area (Å²) >= 11 is 6.36. The minimum Gasteiger partial charge on any atom is -1.00 e. The summed E-state index contributed by atoms with van der Waals surface area (Å²) in [4.78, 5) is 0. The van der Waals surface area contributed by atoms with Crippen molar-refractivity contribution in [2.24, 2.45) is 0 Å². The molecule has 0 spiro atoms. The number of fused-ring (bicyclic) bond motifs is 1. The SMILES string of the molecule is Oc1c(Cl)ccc2c1C1c3cccc[n+]3C2CC1(c1ccoc1)c1ccoc1.[Cl-]. The first kappa shape index (κ1) is 18.3. The normalized spacial score (nSPS) is 20.6. The van der Waals surface area contributed by atoms with Crippen LogP contribution in [0.4, 0.5) is 0 Å². The first-order chi connectivity index (χ1) is 13.7. The lowest BCUT2D eigenvalue weighted by Crippen LogP contribution is -3.00. The number of phenolic OH excluding ortho intramolecular Hbond substituents is 1. The molecule has 7 rings (SSSR count). The molecule has 6 heteroatoms. The van der Waals surface area contributed by atoms with E-state index in [-0.39, 0.29) is 30.1 Å². The zero-order chi connectivity index (χ0) is 18.9. The van der Waals surface area contributed by atoms with Crippen molar-refractivity contribution < 1.29 is 30.9 Å². The topological polar surface area (TPSA) is 50.4 Å². The fourth-order valence-electron chi connectivity index (χ4n) is 5.39. The van der Waals surface area contributed by atoms with Crippen molar-refractivity contribution in [1.82, 2.24) is 0 Å². The zero-order valence-electron chi connectivity index (χ0n) is 15.3. The van der Waals surface area contributed by atoms with Gasteiger partial charge in [0.2, 0.25) is 0 Å². The van der Waals surface area contributed by atoms with Gasteiger partial charge in [0.25, 0.3) is 0 Å². The van der Waals surface area contributed by atoms with Gasteiger partial charge in [0.15, 0.2) is 17.9 Å². The van der Waals surface area contributed by atoms with Gasteiger partial charge in [0, 0.05) is 40.8 Å². The molecule has 29 heavy (non-hydrogen) atoms. The summed E-state index contributed by atoms with van der Waals surface area (Å²) in [6, 6.07) is 14.2. The molecule has 146 valence electrons. The minimum atomic E-state index is -0.415. The number of benzene rings is 1. The highest BCUT2D eigenvalue weighted by atomic mass is 35.5. The number of aromatic nitrogens is 1. The number of halogens is 2. The Balaban J connectivity index is 0.00000181. The molecule has 3 aliphatic rings. The molecular weight excluding hydrogens is 409 g/mol. The second kappa shape index (κ2) is 6.41. The van der Waals surface area contributed by atoms with Crippen molar-refractivity contribution in [3.63, 3.8) is 0 Å². The largest absolute Gasteiger partial charge is 1.00 e. The van der Waals surface area contributed by atoms with Gasteiger partial charge in [-0.2, -0.15) is 4.57 Å². The van der Waals surface area contributed by atoms with Crippen molar-refractivity contribution in [1.29, 1.82) is 0 Å². The van der Waals surface area contributed by atoms with Gasteiger partial charge in [-0.3, -0.25) is 0 Å². The van der Waals surface area contributed by atoms with E-state index in [4.69, 9.17) is 20.4 Å². The van der Waals surface area contributed by atoms with Crippen LogP contribution >= 0.6 is 11.6 Å². The molecule has 1 aromatic carbocycles. The van der Waals surface area contributed by atoms with Gasteiger partial charge >= 0.3 is 0 Å². The number of nitrogens with zero attached hydrogens (tertiary/aromatic N) is 1. The summed E-state index contributed by atoms with van der Waals surface area (Å²) < 4.78 is 13.3. The van der Waals surface area contributed by atoms with Gasteiger partial charge in [0.1, 0.15) is 5.75 Å². The van der Waals surface area contributed by atoms with E-state index in [0.717, 1.165) is 34.4 Å². The average Bonchev–Trinajstić information content (AvgIpc) is 3.45. The molecule has 1 aliphatic carbocycles. The second-order valence-corrected chi connectivity index (χ2v) is 7.99. The third-order valence-electron chi connectivity index (χ3n) is 6.48. The number of phenols is 1. The summed E-state index contributed by atoms with van der Waals surface area (Å²) in [6.07, 6.45) is 9.99. The molecule has 3 aromatic heterocycles. The molecule has 1 N–H and O–H groups in total. The predicted molar refractivity (Wildman–Crippen MR) is 103 cm³/mol. The Hall–Kier alpha value is -2.69. The molecule has 2 atom stereocenters. The Morgan fingerprint density at radius 1 is 1.00 bits per heavy atom. The maximum absolute atomic E-state index is 11.0. The summed E-state index contributed by atoms with van der Waals surface area (Å²) in [5.74, 6) is 0.0444. The van der Waals surface area contributed by atoms with Gasteiger partial charge in [-0.15, -0.1) is 0 Å². The summed E-state index contributed by atoms with van der Waals surface area (Å²) in [7, 11) is 0. The highest BCUT2D eigenvalue weighted by Crippen LogP contribution is 2.61. The minimum absolute atomic E-state index is 0. The summed E-state index contributed by atoms with van der Waals surface area (Å²) in [5.41, 5.74) is 4.90. The Morgan fingerprint density at radius 3 is 2.38 bits per heavy atom. The van der Waals surface area contributed by atoms with Crippen LogP contribution in [0.3, 0.4) is 0 Å². The molecule has 0 amide bonds. The van der Waals surface area contributed by atoms with Crippen LogP contribution in [0.1, 0.15) is 46.3 Å². The number of furan rings is 2. The lowest BCUT2D eigenvalue weighted by molar-refractivity contribution is -0.732. The Bertz CT molecular complexity index is 1150. The van der Waals surface area contributed by atoms with Gasteiger partial charge in [-0.1, -0.05) is 23.7 Å². The zero-order valence-corrected chi connectivity index (χ0v) is 16.8. The molecule has 2 bridgehead atoms. The number of hydrogen-bond acceptors (Lipinski definition) is 3. The van der Waals surface area contributed by atoms with E-state index < -0.39 is 5.41 Å². The van der Waals surface area contributed by atoms with E-state index in [2.05, 4.69) is 22.9 Å². The quantitative estimate of drug-likeness (QED) is 0.499. The van der Waals surface area contributed by atoms with Crippen LogP contribution in [0.25, 0.3) is 0 Å². The van der Waals surface area contributed by atoms with Crippen molar-refractivity contribution in [3.05, 3.63) is 107 Å².